The first-order valence-corrected chi connectivity index (χ1v) is 11.7. The number of hydrogen-bond acceptors (Lipinski definition) is 6. The minimum atomic E-state index is -0.336. The van der Waals surface area contributed by atoms with Crippen LogP contribution in [-0.4, -0.2) is 44.2 Å². The first kappa shape index (κ1) is 20.1. The SMILES string of the molecule is O=c1ccc2ccc(OCCCCN3CCN(c4cccc5sccc45)CC3)cc2o1. The van der Waals surface area contributed by atoms with Crippen LogP contribution in [0.5, 0.6) is 5.75 Å². The number of piperazine rings is 1. The average molecular weight is 435 g/mol. The Hall–Kier alpha value is -2.83. The summed E-state index contributed by atoms with van der Waals surface area (Å²) in [5, 5.41) is 4.47. The van der Waals surface area contributed by atoms with Gasteiger partial charge in [-0.05, 0) is 61.2 Å². The van der Waals surface area contributed by atoms with E-state index in [4.69, 9.17) is 9.15 Å². The summed E-state index contributed by atoms with van der Waals surface area (Å²) in [6.07, 6.45) is 2.12. The van der Waals surface area contributed by atoms with Crippen molar-refractivity contribution in [3.05, 3.63) is 70.4 Å². The Bertz CT molecular complexity index is 1220. The Morgan fingerprint density at radius 3 is 2.74 bits per heavy atom. The van der Waals surface area contributed by atoms with Crippen LogP contribution < -0.4 is 15.3 Å². The van der Waals surface area contributed by atoms with Gasteiger partial charge in [-0.1, -0.05) is 6.07 Å². The molecule has 2 aromatic carbocycles. The molecule has 1 fully saturated rings. The Balaban J connectivity index is 1.05. The van der Waals surface area contributed by atoms with E-state index in [9.17, 15) is 4.79 Å². The van der Waals surface area contributed by atoms with Crippen molar-refractivity contribution in [1.29, 1.82) is 0 Å². The van der Waals surface area contributed by atoms with Crippen molar-refractivity contribution in [3.63, 3.8) is 0 Å². The van der Waals surface area contributed by atoms with Crippen molar-refractivity contribution in [3.8, 4) is 5.75 Å². The first-order valence-electron chi connectivity index (χ1n) is 10.9. The predicted molar refractivity (Wildman–Crippen MR) is 128 cm³/mol. The molecule has 0 atom stereocenters. The average Bonchev–Trinajstić information content (AvgIpc) is 3.28. The fraction of sp³-hybridized carbons (Fsp3) is 0.320. The van der Waals surface area contributed by atoms with Crippen molar-refractivity contribution >= 4 is 38.1 Å². The second kappa shape index (κ2) is 9.12. The van der Waals surface area contributed by atoms with Crippen molar-refractivity contribution in [2.75, 3.05) is 44.2 Å². The number of unbranched alkanes of at least 4 members (excludes halogenated alkanes) is 1. The summed E-state index contributed by atoms with van der Waals surface area (Å²) in [5.74, 6) is 0.748. The van der Waals surface area contributed by atoms with Gasteiger partial charge in [0.05, 0.1) is 6.61 Å². The van der Waals surface area contributed by atoms with Gasteiger partial charge in [0.1, 0.15) is 11.3 Å². The molecule has 0 radical (unpaired) electrons. The highest BCUT2D eigenvalue weighted by atomic mass is 32.1. The maximum atomic E-state index is 11.4. The summed E-state index contributed by atoms with van der Waals surface area (Å²) in [5.41, 5.74) is 1.61. The molecule has 0 N–H and O–H groups in total. The Morgan fingerprint density at radius 1 is 0.968 bits per heavy atom. The molecule has 1 saturated heterocycles. The van der Waals surface area contributed by atoms with Crippen LogP contribution in [0.1, 0.15) is 12.8 Å². The van der Waals surface area contributed by atoms with E-state index < -0.39 is 0 Å². The van der Waals surface area contributed by atoms with E-state index in [1.165, 1.54) is 21.8 Å². The second-order valence-electron chi connectivity index (χ2n) is 7.95. The van der Waals surface area contributed by atoms with Crippen LogP contribution in [0.3, 0.4) is 0 Å². The molecule has 3 heterocycles. The number of ether oxygens (including phenoxy) is 1. The fourth-order valence-corrected chi connectivity index (χ4v) is 5.03. The summed E-state index contributed by atoms with van der Waals surface area (Å²) in [7, 11) is 0. The van der Waals surface area contributed by atoms with E-state index in [0.717, 1.165) is 56.7 Å². The summed E-state index contributed by atoms with van der Waals surface area (Å²) < 4.78 is 12.5. The molecular formula is C25H26N2O3S. The third kappa shape index (κ3) is 4.60. The Kier molecular flexibility index (Phi) is 5.91. The Labute approximate surface area is 185 Å². The van der Waals surface area contributed by atoms with Crippen LogP contribution in [0.25, 0.3) is 21.1 Å². The third-order valence-corrected chi connectivity index (χ3v) is 6.80. The number of fused-ring (bicyclic) bond motifs is 2. The number of anilines is 1. The normalized spacial score (nSPS) is 15.0. The van der Waals surface area contributed by atoms with E-state index in [1.807, 2.05) is 23.5 Å². The van der Waals surface area contributed by atoms with Crippen molar-refractivity contribution < 1.29 is 9.15 Å². The van der Waals surface area contributed by atoms with Crippen molar-refractivity contribution in [2.24, 2.45) is 0 Å². The second-order valence-corrected chi connectivity index (χ2v) is 8.90. The highest BCUT2D eigenvalue weighted by molar-refractivity contribution is 7.17. The van der Waals surface area contributed by atoms with Crippen molar-refractivity contribution in [2.45, 2.75) is 12.8 Å². The lowest BCUT2D eigenvalue weighted by Crippen LogP contribution is -2.46. The van der Waals surface area contributed by atoms with E-state index in [1.54, 1.807) is 12.1 Å². The molecule has 1 aliphatic rings. The highest BCUT2D eigenvalue weighted by Gasteiger charge is 2.18. The van der Waals surface area contributed by atoms with Crippen LogP contribution >= 0.6 is 11.3 Å². The molecule has 31 heavy (non-hydrogen) atoms. The monoisotopic (exact) mass is 434 g/mol. The topological polar surface area (TPSA) is 45.9 Å². The van der Waals surface area contributed by atoms with Gasteiger partial charge in [0.2, 0.25) is 0 Å². The van der Waals surface area contributed by atoms with Gasteiger partial charge < -0.3 is 14.1 Å². The summed E-state index contributed by atoms with van der Waals surface area (Å²) >= 11 is 1.81. The van der Waals surface area contributed by atoms with E-state index in [2.05, 4.69) is 39.4 Å². The quantitative estimate of drug-likeness (QED) is 0.303. The van der Waals surface area contributed by atoms with Gasteiger partial charge in [-0.15, -0.1) is 11.3 Å². The molecule has 160 valence electrons. The summed E-state index contributed by atoms with van der Waals surface area (Å²) in [6.45, 7) is 6.13. The van der Waals surface area contributed by atoms with Gasteiger partial charge in [0, 0.05) is 59.5 Å². The number of thiophene rings is 1. The fourth-order valence-electron chi connectivity index (χ4n) is 4.22. The van der Waals surface area contributed by atoms with Gasteiger partial charge in [-0.3, -0.25) is 4.90 Å². The Morgan fingerprint density at radius 2 is 1.84 bits per heavy atom. The number of rotatable bonds is 7. The van der Waals surface area contributed by atoms with E-state index >= 15 is 0 Å². The van der Waals surface area contributed by atoms with Crippen molar-refractivity contribution in [1.82, 2.24) is 4.90 Å². The standard InChI is InChI=1S/C25H26N2O3S/c28-25-9-7-19-6-8-20(18-23(19)30-25)29-16-2-1-11-26-12-14-27(15-13-26)22-4-3-5-24-21(22)10-17-31-24/h3-10,17-18H,1-2,11-16H2. The summed E-state index contributed by atoms with van der Waals surface area (Å²) in [6, 6.07) is 17.7. The van der Waals surface area contributed by atoms with Gasteiger partial charge in [-0.2, -0.15) is 0 Å². The minimum Gasteiger partial charge on any atom is -0.493 e. The smallest absolute Gasteiger partial charge is 0.336 e. The maximum absolute atomic E-state index is 11.4. The molecule has 0 aliphatic carbocycles. The number of benzene rings is 2. The van der Waals surface area contributed by atoms with E-state index in [-0.39, 0.29) is 5.63 Å². The third-order valence-electron chi connectivity index (χ3n) is 5.92. The zero-order valence-corrected chi connectivity index (χ0v) is 18.3. The zero-order chi connectivity index (χ0) is 21.0. The van der Waals surface area contributed by atoms with Gasteiger partial charge in [-0.25, -0.2) is 4.79 Å². The van der Waals surface area contributed by atoms with Crippen LogP contribution in [0.2, 0.25) is 0 Å². The van der Waals surface area contributed by atoms with Gasteiger partial charge >= 0.3 is 5.63 Å². The number of hydrogen-bond donors (Lipinski definition) is 0. The molecule has 6 heteroatoms. The molecule has 0 amide bonds. The molecule has 1 aliphatic heterocycles. The van der Waals surface area contributed by atoms with Crippen LogP contribution in [-0.2, 0) is 0 Å². The number of nitrogens with zero attached hydrogens (tertiary/aromatic N) is 2. The molecule has 4 aromatic rings. The molecule has 5 rings (SSSR count). The van der Waals surface area contributed by atoms with Crippen LogP contribution in [0.15, 0.2) is 69.2 Å². The highest BCUT2D eigenvalue weighted by Crippen LogP contribution is 2.31. The minimum absolute atomic E-state index is 0.336. The largest absolute Gasteiger partial charge is 0.493 e. The first-order chi connectivity index (χ1) is 15.3. The molecule has 0 unspecified atom stereocenters. The van der Waals surface area contributed by atoms with Crippen LogP contribution in [0.4, 0.5) is 5.69 Å². The lowest BCUT2D eigenvalue weighted by molar-refractivity contribution is 0.239. The van der Waals surface area contributed by atoms with Gasteiger partial charge in [0.15, 0.2) is 0 Å². The molecule has 0 spiro atoms. The molecule has 2 aromatic heterocycles. The summed E-state index contributed by atoms with van der Waals surface area (Å²) in [4.78, 5) is 16.4. The van der Waals surface area contributed by atoms with E-state index in [0.29, 0.717) is 12.2 Å². The molecule has 5 nitrogen and oxygen atoms in total. The molecular weight excluding hydrogens is 408 g/mol. The zero-order valence-electron chi connectivity index (χ0n) is 17.5. The molecule has 0 saturated carbocycles. The predicted octanol–water partition coefficient (Wildman–Crippen LogP) is 4.99. The maximum Gasteiger partial charge on any atom is 0.336 e. The van der Waals surface area contributed by atoms with Crippen LogP contribution in [0, 0.1) is 0 Å². The lowest BCUT2D eigenvalue weighted by atomic mass is 10.2. The lowest BCUT2D eigenvalue weighted by Gasteiger charge is -2.36. The van der Waals surface area contributed by atoms with Gasteiger partial charge in [0.25, 0.3) is 0 Å². The molecule has 0 bridgehead atoms.